The minimum atomic E-state index is 0. The second kappa shape index (κ2) is 8.87. The molecule has 0 rings (SSSR count). The third-order valence-electron chi connectivity index (χ3n) is 0.285. The van der Waals surface area contributed by atoms with Gasteiger partial charge in [0.05, 0.1) is 6.61 Å². The fourth-order valence-corrected chi connectivity index (χ4v) is 0.118. The summed E-state index contributed by atoms with van der Waals surface area (Å²) in [7, 11) is 1.64. The Labute approximate surface area is 43.0 Å². The average Bonchev–Trinajstić information content (AvgIpc) is 1.41. The molecule has 6 heavy (non-hydrogen) atoms. The van der Waals surface area contributed by atoms with Gasteiger partial charge in [0.25, 0.3) is 0 Å². The topological polar surface area (TPSA) is 9.23 Å². The van der Waals surface area contributed by atoms with Gasteiger partial charge in [-0.25, -0.2) is 0 Å². The maximum atomic E-state index is 4.57. The van der Waals surface area contributed by atoms with Crippen LogP contribution in [0.25, 0.3) is 0 Å². The Kier molecular flexibility index (Phi) is 13.8. The SMILES string of the molecule is C=CCOC.[Si]. The van der Waals surface area contributed by atoms with Crippen molar-refractivity contribution in [3.8, 4) is 0 Å². The lowest BCUT2D eigenvalue weighted by atomic mass is 10.7. The van der Waals surface area contributed by atoms with Crippen molar-refractivity contribution in [3.05, 3.63) is 12.7 Å². The van der Waals surface area contributed by atoms with Gasteiger partial charge >= 0.3 is 0 Å². The average molecular weight is 100 g/mol. The van der Waals surface area contributed by atoms with Crippen molar-refractivity contribution in [1.29, 1.82) is 0 Å². The summed E-state index contributed by atoms with van der Waals surface area (Å²) >= 11 is 0. The Bertz CT molecular complexity index is 28.7. The van der Waals surface area contributed by atoms with E-state index in [1.807, 2.05) is 0 Å². The highest BCUT2D eigenvalue weighted by Gasteiger charge is 1.58. The largest absolute Gasteiger partial charge is 0.381 e. The summed E-state index contributed by atoms with van der Waals surface area (Å²) in [5.74, 6) is 0. The molecule has 34 valence electrons. The number of methoxy groups -OCH3 is 1. The van der Waals surface area contributed by atoms with Crippen molar-refractivity contribution < 1.29 is 4.74 Å². The van der Waals surface area contributed by atoms with Crippen LogP contribution in [0.1, 0.15) is 0 Å². The van der Waals surface area contributed by atoms with Crippen molar-refractivity contribution in [2.24, 2.45) is 0 Å². The van der Waals surface area contributed by atoms with Crippen LogP contribution in [0.4, 0.5) is 0 Å². The molecule has 0 aliphatic heterocycles. The van der Waals surface area contributed by atoms with Crippen molar-refractivity contribution in [2.45, 2.75) is 0 Å². The van der Waals surface area contributed by atoms with Crippen molar-refractivity contribution in [3.63, 3.8) is 0 Å². The molecule has 0 unspecified atom stereocenters. The van der Waals surface area contributed by atoms with E-state index in [1.54, 1.807) is 13.2 Å². The summed E-state index contributed by atoms with van der Waals surface area (Å²) in [5.41, 5.74) is 0. The first-order valence-corrected chi connectivity index (χ1v) is 1.51. The Morgan fingerprint density at radius 3 is 2.33 bits per heavy atom. The number of hydrogen-bond acceptors (Lipinski definition) is 1. The maximum Gasteiger partial charge on any atom is 0.0641 e. The lowest BCUT2D eigenvalue weighted by Gasteiger charge is -1.79. The van der Waals surface area contributed by atoms with Crippen LogP contribution < -0.4 is 0 Å². The number of hydrogen-bond donors (Lipinski definition) is 0. The van der Waals surface area contributed by atoms with E-state index in [0.29, 0.717) is 6.61 Å². The predicted octanol–water partition coefficient (Wildman–Crippen LogP) is 0.438. The molecule has 4 radical (unpaired) electrons. The molecule has 0 aliphatic carbocycles. The predicted molar refractivity (Wildman–Crippen MR) is 27.8 cm³/mol. The Morgan fingerprint density at radius 1 is 1.83 bits per heavy atom. The summed E-state index contributed by atoms with van der Waals surface area (Å²) in [6.07, 6.45) is 1.71. The van der Waals surface area contributed by atoms with Gasteiger partial charge < -0.3 is 4.74 Å². The first-order chi connectivity index (χ1) is 2.41. The Morgan fingerprint density at radius 2 is 2.33 bits per heavy atom. The third kappa shape index (κ3) is 9.07. The van der Waals surface area contributed by atoms with Gasteiger partial charge in [-0.15, -0.1) is 6.58 Å². The fraction of sp³-hybridized carbons (Fsp3) is 0.500. The van der Waals surface area contributed by atoms with Gasteiger partial charge in [0.1, 0.15) is 0 Å². The van der Waals surface area contributed by atoms with Crippen LogP contribution in [0.3, 0.4) is 0 Å². The normalized spacial score (nSPS) is 6.17. The molecular weight excluding hydrogens is 92.1 g/mol. The molecular formula is C4H8OSi. The Balaban J connectivity index is 0. The van der Waals surface area contributed by atoms with E-state index in [4.69, 9.17) is 0 Å². The van der Waals surface area contributed by atoms with Gasteiger partial charge in [0, 0.05) is 18.1 Å². The van der Waals surface area contributed by atoms with E-state index in [1.165, 1.54) is 0 Å². The fourth-order valence-electron chi connectivity index (χ4n) is 0.118. The molecule has 0 bridgehead atoms. The molecule has 0 aromatic heterocycles. The van der Waals surface area contributed by atoms with Crippen molar-refractivity contribution in [2.75, 3.05) is 13.7 Å². The van der Waals surface area contributed by atoms with E-state index in [9.17, 15) is 0 Å². The van der Waals surface area contributed by atoms with E-state index >= 15 is 0 Å². The smallest absolute Gasteiger partial charge is 0.0641 e. The summed E-state index contributed by atoms with van der Waals surface area (Å²) in [6.45, 7) is 4.08. The van der Waals surface area contributed by atoms with Crippen molar-refractivity contribution in [1.82, 2.24) is 0 Å². The molecule has 0 saturated carbocycles. The third-order valence-corrected chi connectivity index (χ3v) is 0.285. The van der Waals surface area contributed by atoms with Gasteiger partial charge in [0.2, 0.25) is 0 Å². The molecule has 0 saturated heterocycles. The van der Waals surface area contributed by atoms with Gasteiger partial charge in [-0.3, -0.25) is 0 Å². The zero-order valence-corrected chi connectivity index (χ0v) is 4.90. The minimum absolute atomic E-state index is 0. The summed E-state index contributed by atoms with van der Waals surface area (Å²) in [6, 6.07) is 0. The van der Waals surface area contributed by atoms with Crippen LogP contribution in [-0.2, 0) is 4.74 Å². The standard InChI is InChI=1S/C4H8O.Si/c1-3-4-5-2;/h3H,1,4H2,2H3;. The molecule has 0 amide bonds. The lowest BCUT2D eigenvalue weighted by molar-refractivity contribution is 0.234. The molecule has 0 aromatic rings. The first-order valence-electron chi connectivity index (χ1n) is 1.51. The van der Waals surface area contributed by atoms with Crippen LogP contribution in [0.2, 0.25) is 0 Å². The van der Waals surface area contributed by atoms with E-state index in [0.717, 1.165) is 0 Å². The Hall–Kier alpha value is -0.0831. The van der Waals surface area contributed by atoms with Crippen molar-refractivity contribution >= 4 is 11.0 Å². The lowest BCUT2D eigenvalue weighted by Crippen LogP contribution is -1.76. The van der Waals surface area contributed by atoms with Crippen LogP contribution >= 0.6 is 0 Å². The maximum absolute atomic E-state index is 4.57. The number of ether oxygens (including phenoxy) is 1. The van der Waals surface area contributed by atoms with E-state index in [-0.39, 0.29) is 11.0 Å². The summed E-state index contributed by atoms with van der Waals surface area (Å²) < 4.78 is 4.57. The molecule has 0 fully saturated rings. The highest BCUT2D eigenvalue weighted by molar-refractivity contribution is 5.75. The highest BCUT2D eigenvalue weighted by Crippen LogP contribution is 1.60. The molecule has 0 spiro atoms. The van der Waals surface area contributed by atoms with Gasteiger partial charge in [-0.2, -0.15) is 0 Å². The second-order valence-electron chi connectivity index (χ2n) is 0.744. The molecule has 0 aliphatic rings. The monoisotopic (exact) mass is 100 g/mol. The molecule has 1 nitrogen and oxygen atoms in total. The number of rotatable bonds is 2. The zero-order valence-electron chi connectivity index (χ0n) is 3.90. The highest BCUT2D eigenvalue weighted by atomic mass is 28.1. The van der Waals surface area contributed by atoms with Crippen LogP contribution in [0, 0.1) is 0 Å². The van der Waals surface area contributed by atoms with E-state index in [2.05, 4.69) is 11.3 Å². The second-order valence-corrected chi connectivity index (χ2v) is 0.744. The molecule has 0 heterocycles. The zero-order chi connectivity index (χ0) is 4.12. The van der Waals surface area contributed by atoms with Gasteiger partial charge in [-0.1, -0.05) is 6.08 Å². The van der Waals surface area contributed by atoms with Crippen LogP contribution in [-0.4, -0.2) is 24.7 Å². The summed E-state index contributed by atoms with van der Waals surface area (Å²) in [5, 5.41) is 0. The van der Waals surface area contributed by atoms with Gasteiger partial charge in [-0.05, 0) is 0 Å². The summed E-state index contributed by atoms with van der Waals surface area (Å²) in [4.78, 5) is 0. The van der Waals surface area contributed by atoms with Crippen LogP contribution in [0.5, 0.6) is 0 Å². The van der Waals surface area contributed by atoms with E-state index < -0.39 is 0 Å². The van der Waals surface area contributed by atoms with Crippen LogP contribution in [0.15, 0.2) is 12.7 Å². The first kappa shape index (κ1) is 9.32. The molecule has 0 aromatic carbocycles. The molecule has 0 N–H and O–H groups in total. The van der Waals surface area contributed by atoms with Gasteiger partial charge in [0.15, 0.2) is 0 Å². The quantitative estimate of drug-likeness (QED) is 0.361. The molecule has 2 heteroatoms. The molecule has 0 atom stereocenters. The minimum Gasteiger partial charge on any atom is -0.381 e.